The number of pyridine rings is 1. The van der Waals surface area contributed by atoms with Gasteiger partial charge < -0.3 is 4.90 Å². The Kier molecular flexibility index (Phi) is 2.41. The maximum absolute atomic E-state index is 11.6. The minimum absolute atomic E-state index is 0.00981. The van der Waals surface area contributed by atoms with Crippen molar-refractivity contribution >= 4 is 27.8 Å². The fourth-order valence-corrected chi connectivity index (χ4v) is 1.74. The highest BCUT2D eigenvalue weighted by atomic mass is 79.9. The predicted octanol–water partition coefficient (Wildman–Crippen LogP) is 1.72. The van der Waals surface area contributed by atoms with Crippen molar-refractivity contribution in [2.75, 3.05) is 25.0 Å². The minimum atomic E-state index is 0.00981. The maximum Gasteiger partial charge on any atom is 0.325 e. The fourth-order valence-electron chi connectivity index (χ4n) is 1.41. The second kappa shape index (κ2) is 3.57. The Morgan fingerprint density at radius 1 is 1.43 bits per heavy atom. The predicted molar refractivity (Wildman–Crippen MR) is 57.3 cm³/mol. The van der Waals surface area contributed by atoms with Crippen LogP contribution in [0.5, 0.6) is 0 Å². The number of halogens is 1. The number of nitrogens with zero attached hydrogens (tertiary/aromatic N) is 3. The number of carbonyl (C=O) groups is 1. The van der Waals surface area contributed by atoms with Crippen LogP contribution >= 0.6 is 15.9 Å². The van der Waals surface area contributed by atoms with Crippen molar-refractivity contribution in [1.29, 1.82) is 0 Å². The minimum Gasteiger partial charge on any atom is -0.326 e. The van der Waals surface area contributed by atoms with Crippen LogP contribution in [0.3, 0.4) is 0 Å². The first-order chi connectivity index (χ1) is 6.68. The summed E-state index contributed by atoms with van der Waals surface area (Å²) in [6, 6.07) is 5.56. The molecule has 0 aliphatic carbocycles. The number of carbonyl (C=O) groups excluding carboxylic acids is 1. The number of anilines is 1. The highest BCUT2D eigenvalue weighted by molar-refractivity contribution is 9.10. The van der Waals surface area contributed by atoms with E-state index in [-0.39, 0.29) is 6.03 Å². The molecule has 4 nitrogen and oxygen atoms in total. The third kappa shape index (κ3) is 1.59. The summed E-state index contributed by atoms with van der Waals surface area (Å²) in [6.07, 6.45) is 0. The van der Waals surface area contributed by atoms with Crippen molar-refractivity contribution in [3.63, 3.8) is 0 Å². The highest BCUT2D eigenvalue weighted by Gasteiger charge is 2.27. The lowest BCUT2D eigenvalue weighted by Gasteiger charge is -2.14. The number of hydrogen-bond donors (Lipinski definition) is 0. The SMILES string of the molecule is CN1CCN(c2cccc(Br)n2)C1=O. The third-order valence-corrected chi connectivity index (χ3v) is 2.64. The summed E-state index contributed by atoms with van der Waals surface area (Å²) in [7, 11) is 1.79. The first kappa shape index (κ1) is 9.45. The summed E-state index contributed by atoms with van der Waals surface area (Å²) in [4.78, 5) is 19.2. The number of aromatic nitrogens is 1. The molecule has 1 aromatic heterocycles. The third-order valence-electron chi connectivity index (χ3n) is 2.19. The lowest BCUT2D eigenvalue weighted by Crippen LogP contribution is -2.29. The van der Waals surface area contributed by atoms with Gasteiger partial charge in [-0.05, 0) is 28.1 Å². The van der Waals surface area contributed by atoms with E-state index in [4.69, 9.17) is 0 Å². The van der Waals surface area contributed by atoms with Crippen LogP contribution in [-0.4, -0.2) is 36.1 Å². The van der Waals surface area contributed by atoms with Gasteiger partial charge in [-0.15, -0.1) is 0 Å². The average molecular weight is 256 g/mol. The monoisotopic (exact) mass is 255 g/mol. The van der Waals surface area contributed by atoms with E-state index in [1.165, 1.54) is 0 Å². The Labute approximate surface area is 90.7 Å². The van der Waals surface area contributed by atoms with Crippen LogP contribution in [0.2, 0.25) is 0 Å². The normalized spacial score (nSPS) is 16.6. The zero-order valence-electron chi connectivity index (χ0n) is 7.77. The molecule has 74 valence electrons. The summed E-state index contributed by atoms with van der Waals surface area (Å²) in [5.41, 5.74) is 0. The van der Waals surface area contributed by atoms with Gasteiger partial charge in [-0.2, -0.15) is 0 Å². The smallest absolute Gasteiger partial charge is 0.325 e. The van der Waals surface area contributed by atoms with E-state index in [1.54, 1.807) is 16.8 Å². The van der Waals surface area contributed by atoms with Crippen molar-refractivity contribution < 1.29 is 4.79 Å². The van der Waals surface area contributed by atoms with E-state index in [0.717, 1.165) is 11.1 Å². The molecule has 0 atom stereocenters. The van der Waals surface area contributed by atoms with Gasteiger partial charge in [0.1, 0.15) is 10.4 Å². The topological polar surface area (TPSA) is 36.4 Å². The van der Waals surface area contributed by atoms with E-state index in [2.05, 4.69) is 20.9 Å². The molecule has 1 fully saturated rings. The molecule has 1 aliphatic rings. The van der Waals surface area contributed by atoms with Gasteiger partial charge in [-0.25, -0.2) is 9.78 Å². The molecular weight excluding hydrogens is 246 g/mol. The van der Waals surface area contributed by atoms with Crippen LogP contribution in [0.15, 0.2) is 22.8 Å². The van der Waals surface area contributed by atoms with Crippen molar-refractivity contribution in [3.05, 3.63) is 22.8 Å². The van der Waals surface area contributed by atoms with Gasteiger partial charge in [0.05, 0.1) is 0 Å². The van der Waals surface area contributed by atoms with Crippen LogP contribution in [0.4, 0.5) is 10.6 Å². The van der Waals surface area contributed by atoms with Gasteiger partial charge in [-0.3, -0.25) is 4.90 Å². The Bertz CT molecular complexity index is 369. The van der Waals surface area contributed by atoms with Crippen LogP contribution in [-0.2, 0) is 0 Å². The molecule has 0 spiro atoms. The van der Waals surface area contributed by atoms with Crippen LogP contribution < -0.4 is 4.90 Å². The van der Waals surface area contributed by atoms with Crippen molar-refractivity contribution in [1.82, 2.24) is 9.88 Å². The van der Waals surface area contributed by atoms with E-state index >= 15 is 0 Å². The molecule has 0 saturated carbocycles. The van der Waals surface area contributed by atoms with E-state index in [9.17, 15) is 4.79 Å². The van der Waals surface area contributed by atoms with Crippen molar-refractivity contribution in [2.24, 2.45) is 0 Å². The number of urea groups is 1. The number of amides is 2. The zero-order chi connectivity index (χ0) is 10.1. The van der Waals surface area contributed by atoms with Crippen LogP contribution in [0.25, 0.3) is 0 Å². The summed E-state index contributed by atoms with van der Waals surface area (Å²) in [6.45, 7) is 1.46. The van der Waals surface area contributed by atoms with Gasteiger partial charge in [-0.1, -0.05) is 6.07 Å². The van der Waals surface area contributed by atoms with Gasteiger partial charge >= 0.3 is 6.03 Å². The number of rotatable bonds is 1. The standard InChI is InChI=1S/C9H10BrN3O/c1-12-5-6-13(9(12)14)8-4-2-3-7(10)11-8/h2-4H,5-6H2,1H3. The maximum atomic E-state index is 11.6. The molecule has 1 aromatic rings. The number of hydrogen-bond acceptors (Lipinski definition) is 2. The molecule has 5 heteroatoms. The summed E-state index contributed by atoms with van der Waals surface area (Å²) < 4.78 is 0.748. The Hall–Kier alpha value is -1.10. The summed E-state index contributed by atoms with van der Waals surface area (Å²) in [5, 5.41) is 0. The van der Waals surface area contributed by atoms with Crippen LogP contribution in [0.1, 0.15) is 0 Å². The molecule has 0 aromatic carbocycles. The van der Waals surface area contributed by atoms with Crippen LogP contribution in [0, 0.1) is 0 Å². The van der Waals surface area contributed by atoms with Gasteiger partial charge in [0.15, 0.2) is 0 Å². The Balaban J connectivity index is 2.28. The summed E-state index contributed by atoms with van der Waals surface area (Å²) >= 11 is 3.28. The highest BCUT2D eigenvalue weighted by Crippen LogP contribution is 2.18. The van der Waals surface area contributed by atoms with Gasteiger partial charge in [0, 0.05) is 20.1 Å². The lowest BCUT2D eigenvalue weighted by atomic mass is 10.4. The van der Waals surface area contributed by atoms with E-state index in [0.29, 0.717) is 12.4 Å². The molecular formula is C9H10BrN3O. The lowest BCUT2D eigenvalue weighted by molar-refractivity contribution is 0.229. The molecule has 2 heterocycles. The average Bonchev–Trinajstić information content (AvgIpc) is 2.48. The molecule has 0 N–H and O–H groups in total. The van der Waals surface area contributed by atoms with Gasteiger partial charge in [0.2, 0.25) is 0 Å². The molecule has 14 heavy (non-hydrogen) atoms. The molecule has 1 saturated heterocycles. The first-order valence-electron chi connectivity index (χ1n) is 4.33. The quantitative estimate of drug-likeness (QED) is 0.717. The second-order valence-electron chi connectivity index (χ2n) is 3.17. The zero-order valence-corrected chi connectivity index (χ0v) is 9.36. The van der Waals surface area contributed by atoms with E-state index < -0.39 is 0 Å². The molecule has 1 aliphatic heterocycles. The molecule has 2 amide bonds. The molecule has 0 bridgehead atoms. The summed E-state index contributed by atoms with van der Waals surface area (Å²) in [5.74, 6) is 0.703. The van der Waals surface area contributed by atoms with Crippen molar-refractivity contribution in [3.8, 4) is 0 Å². The second-order valence-corrected chi connectivity index (χ2v) is 3.99. The fraction of sp³-hybridized carbons (Fsp3) is 0.333. The van der Waals surface area contributed by atoms with Crippen molar-refractivity contribution in [2.45, 2.75) is 0 Å². The molecule has 0 radical (unpaired) electrons. The first-order valence-corrected chi connectivity index (χ1v) is 5.13. The largest absolute Gasteiger partial charge is 0.326 e. The number of likely N-dealkylation sites (N-methyl/N-ethyl adjacent to an activating group) is 1. The molecule has 2 rings (SSSR count). The Morgan fingerprint density at radius 2 is 2.21 bits per heavy atom. The van der Waals surface area contributed by atoms with E-state index in [1.807, 2.05) is 18.2 Å². The molecule has 0 unspecified atom stereocenters. The Morgan fingerprint density at radius 3 is 2.79 bits per heavy atom. The van der Waals surface area contributed by atoms with Gasteiger partial charge in [0.25, 0.3) is 0 Å².